The molecule has 0 aromatic carbocycles. The van der Waals surface area contributed by atoms with E-state index in [9.17, 15) is 18.0 Å². The lowest BCUT2D eigenvalue weighted by Gasteiger charge is -2.32. The first kappa shape index (κ1) is 23.9. The Morgan fingerprint density at radius 2 is 2.12 bits per heavy atom. The summed E-state index contributed by atoms with van der Waals surface area (Å²) in [6, 6.07) is 6.42. The summed E-state index contributed by atoms with van der Waals surface area (Å²) in [6.07, 6.45) is 6.87. The fraction of sp³-hybridized carbons (Fsp3) is 0.409. The summed E-state index contributed by atoms with van der Waals surface area (Å²) in [7, 11) is -3.82. The van der Waals surface area contributed by atoms with Gasteiger partial charge in [-0.05, 0) is 49.1 Å². The first-order chi connectivity index (χ1) is 15.8. The van der Waals surface area contributed by atoms with E-state index in [4.69, 9.17) is 11.6 Å². The Labute approximate surface area is 202 Å². The number of hydrogen-bond donors (Lipinski definition) is 1. The first-order valence-electron chi connectivity index (χ1n) is 10.7. The van der Waals surface area contributed by atoms with Gasteiger partial charge in [0, 0.05) is 48.2 Å². The Morgan fingerprint density at radius 1 is 1.27 bits per heavy atom. The van der Waals surface area contributed by atoms with Crippen LogP contribution in [0.15, 0.2) is 42.1 Å². The average Bonchev–Trinajstić information content (AvgIpc) is 3.45. The minimum atomic E-state index is -3.82. The van der Waals surface area contributed by atoms with E-state index in [1.807, 2.05) is 18.3 Å². The maximum atomic E-state index is 12.9. The van der Waals surface area contributed by atoms with Gasteiger partial charge in [-0.15, -0.1) is 11.3 Å². The minimum absolute atomic E-state index is 0.0413. The van der Waals surface area contributed by atoms with Crippen molar-refractivity contribution in [3.05, 3.63) is 56.8 Å². The number of nitrogens with zero attached hydrogens (tertiary/aromatic N) is 3. The van der Waals surface area contributed by atoms with E-state index in [-0.39, 0.29) is 24.3 Å². The van der Waals surface area contributed by atoms with E-state index in [0.29, 0.717) is 41.7 Å². The average molecular weight is 509 g/mol. The highest BCUT2D eigenvalue weighted by atomic mass is 35.5. The molecule has 2 aliphatic heterocycles. The van der Waals surface area contributed by atoms with E-state index in [0.717, 1.165) is 17.4 Å². The fourth-order valence-corrected chi connectivity index (χ4v) is 6.23. The molecule has 11 heteroatoms. The van der Waals surface area contributed by atoms with Crippen LogP contribution in [0.3, 0.4) is 0 Å². The number of rotatable bonds is 7. The molecule has 0 radical (unpaired) electrons. The Morgan fingerprint density at radius 3 is 2.85 bits per heavy atom. The molecule has 0 aliphatic carbocycles. The SMILES string of the molecule is O=C(CN1CCCC(NS(=O)(=O)/C=C/c2ccc(Cl)s2)C1=O)N1CCC(c2cccnc2)C1. The van der Waals surface area contributed by atoms with Gasteiger partial charge in [0.25, 0.3) is 0 Å². The minimum Gasteiger partial charge on any atom is -0.341 e. The van der Waals surface area contributed by atoms with Gasteiger partial charge in [-0.3, -0.25) is 14.6 Å². The zero-order valence-corrected chi connectivity index (χ0v) is 20.3. The van der Waals surface area contributed by atoms with Crippen LogP contribution in [0.1, 0.15) is 35.6 Å². The fourth-order valence-electron chi connectivity index (χ4n) is 4.16. The highest BCUT2D eigenvalue weighted by Gasteiger charge is 2.34. The summed E-state index contributed by atoms with van der Waals surface area (Å²) >= 11 is 7.12. The second-order valence-corrected chi connectivity index (χ2v) is 11.5. The van der Waals surface area contributed by atoms with Gasteiger partial charge in [-0.1, -0.05) is 17.7 Å². The Bertz CT molecular complexity index is 1140. The van der Waals surface area contributed by atoms with Gasteiger partial charge in [-0.25, -0.2) is 8.42 Å². The van der Waals surface area contributed by atoms with E-state index >= 15 is 0 Å². The zero-order valence-electron chi connectivity index (χ0n) is 17.9. The predicted molar refractivity (Wildman–Crippen MR) is 128 cm³/mol. The molecule has 33 heavy (non-hydrogen) atoms. The third-order valence-corrected chi connectivity index (χ3v) is 8.17. The molecule has 2 aromatic rings. The van der Waals surface area contributed by atoms with Crippen molar-refractivity contribution in [2.75, 3.05) is 26.2 Å². The van der Waals surface area contributed by atoms with Gasteiger partial charge < -0.3 is 9.80 Å². The zero-order chi connectivity index (χ0) is 23.4. The first-order valence-corrected chi connectivity index (χ1v) is 13.5. The van der Waals surface area contributed by atoms with Crippen molar-refractivity contribution < 1.29 is 18.0 Å². The highest BCUT2D eigenvalue weighted by Crippen LogP contribution is 2.27. The summed E-state index contributed by atoms with van der Waals surface area (Å²) in [5.74, 6) is -0.245. The van der Waals surface area contributed by atoms with Crippen molar-refractivity contribution in [3.8, 4) is 0 Å². The second-order valence-electron chi connectivity index (χ2n) is 8.17. The van der Waals surface area contributed by atoms with Crippen LogP contribution in [-0.2, 0) is 19.6 Å². The molecule has 2 amide bonds. The second kappa shape index (κ2) is 10.3. The van der Waals surface area contributed by atoms with E-state index in [2.05, 4.69) is 9.71 Å². The van der Waals surface area contributed by atoms with Gasteiger partial charge in [0.1, 0.15) is 6.04 Å². The van der Waals surface area contributed by atoms with Gasteiger partial charge in [0.05, 0.1) is 10.9 Å². The molecular weight excluding hydrogens is 484 g/mol. The molecule has 0 bridgehead atoms. The lowest BCUT2D eigenvalue weighted by Crippen LogP contribution is -2.54. The summed E-state index contributed by atoms with van der Waals surface area (Å²) in [4.78, 5) is 33.8. The summed E-state index contributed by atoms with van der Waals surface area (Å²) in [6.45, 7) is 1.63. The van der Waals surface area contributed by atoms with Crippen LogP contribution in [-0.4, -0.2) is 67.2 Å². The van der Waals surface area contributed by atoms with E-state index < -0.39 is 16.1 Å². The van der Waals surface area contributed by atoms with Crippen molar-refractivity contribution in [1.82, 2.24) is 19.5 Å². The normalized spacial score (nSPS) is 21.8. The number of likely N-dealkylation sites (tertiary alicyclic amines) is 2. The molecule has 0 saturated carbocycles. The molecule has 2 aliphatic rings. The summed E-state index contributed by atoms with van der Waals surface area (Å²) in [5, 5.41) is 1.04. The van der Waals surface area contributed by atoms with Gasteiger partial charge >= 0.3 is 0 Å². The predicted octanol–water partition coefficient (Wildman–Crippen LogP) is 2.69. The van der Waals surface area contributed by atoms with Crippen LogP contribution in [0.2, 0.25) is 4.34 Å². The number of amides is 2. The van der Waals surface area contributed by atoms with Crippen LogP contribution < -0.4 is 4.72 Å². The van der Waals surface area contributed by atoms with Crippen molar-refractivity contribution in [3.63, 3.8) is 0 Å². The quantitative estimate of drug-likeness (QED) is 0.620. The van der Waals surface area contributed by atoms with Crippen molar-refractivity contribution >= 4 is 50.9 Å². The van der Waals surface area contributed by atoms with Gasteiger partial charge in [0.2, 0.25) is 21.8 Å². The molecule has 2 aromatic heterocycles. The van der Waals surface area contributed by atoms with Crippen molar-refractivity contribution in [1.29, 1.82) is 0 Å². The third kappa shape index (κ3) is 6.20. The van der Waals surface area contributed by atoms with Crippen molar-refractivity contribution in [2.24, 2.45) is 0 Å². The van der Waals surface area contributed by atoms with Crippen LogP contribution in [0.4, 0.5) is 0 Å². The lowest BCUT2D eigenvalue weighted by atomic mass is 10.0. The molecule has 2 fully saturated rings. The lowest BCUT2D eigenvalue weighted by molar-refractivity contribution is -0.142. The highest BCUT2D eigenvalue weighted by molar-refractivity contribution is 7.92. The molecule has 8 nitrogen and oxygen atoms in total. The molecule has 1 N–H and O–H groups in total. The smallest absolute Gasteiger partial charge is 0.242 e. The molecule has 2 unspecified atom stereocenters. The number of carbonyl (C=O) groups is 2. The standard InChI is InChI=1S/C22H25ClN4O4S2/c23-20-6-5-18(32-20)8-12-33(30,31)25-19-4-2-10-27(22(19)29)15-21(28)26-11-7-17(14-26)16-3-1-9-24-13-16/h1,3,5-6,8-9,12-13,17,19,25H,2,4,7,10-11,14-15H2/b12-8+. The maximum absolute atomic E-state index is 12.9. The number of carbonyl (C=O) groups excluding carboxylic acids is 2. The number of pyridine rings is 1. The third-order valence-electron chi connectivity index (χ3n) is 5.87. The summed E-state index contributed by atoms with van der Waals surface area (Å²) in [5.41, 5.74) is 1.11. The van der Waals surface area contributed by atoms with Crippen molar-refractivity contribution in [2.45, 2.75) is 31.2 Å². The molecule has 2 saturated heterocycles. The number of halogens is 1. The van der Waals surface area contributed by atoms with Crippen LogP contribution >= 0.6 is 22.9 Å². The number of sulfonamides is 1. The van der Waals surface area contributed by atoms with Gasteiger partial charge in [0.15, 0.2) is 0 Å². The largest absolute Gasteiger partial charge is 0.341 e. The van der Waals surface area contributed by atoms with Gasteiger partial charge in [-0.2, -0.15) is 4.72 Å². The van der Waals surface area contributed by atoms with Crippen LogP contribution in [0.5, 0.6) is 0 Å². The monoisotopic (exact) mass is 508 g/mol. The molecular formula is C22H25ClN4O4S2. The molecule has 4 heterocycles. The Kier molecular flexibility index (Phi) is 7.48. The van der Waals surface area contributed by atoms with Crippen LogP contribution in [0, 0.1) is 0 Å². The number of thiophene rings is 1. The summed E-state index contributed by atoms with van der Waals surface area (Å²) < 4.78 is 27.9. The number of nitrogens with one attached hydrogen (secondary N) is 1. The number of hydrogen-bond acceptors (Lipinski definition) is 6. The number of aromatic nitrogens is 1. The van der Waals surface area contributed by atoms with Crippen LogP contribution in [0.25, 0.3) is 6.08 Å². The maximum Gasteiger partial charge on any atom is 0.242 e. The molecule has 0 spiro atoms. The number of piperidine rings is 1. The Hall–Kier alpha value is -2.27. The molecule has 2 atom stereocenters. The van der Waals surface area contributed by atoms with E-state index in [1.165, 1.54) is 22.3 Å². The van der Waals surface area contributed by atoms with E-state index in [1.54, 1.807) is 23.2 Å². The topological polar surface area (TPSA) is 99.7 Å². The Balaban J connectivity index is 1.32. The molecule has 176 valence electrons. The molecule has 4 rings (SSSR count).